The van der Waals surface area contributed by atoms with Crippen LogP contribution >= 0.6 is 0 Å². The Balaban J connectivity index is 2.19. The summed E-state index contributed by atoms with van der Waals surface area (Å²) in [6.45, 7) is 4.01. The average molecular weight is 217 g/mol. The molecule has 4 nitrogen and oxygen atoms in total. The lowest BCUT2D eigenvalue weighted by Crippen LogP contribution is -2.16. The molecule has 0 amide bonds. The van der Waals surface area contributed by atoms with E-state index >= 15 is 0 Å². The number of rotatable bonds is 1. The maximum absolute atomic E-state index is 11.9. The summed E-state index contributed by atoms with van der Waals surface area (Å²) in [4.78, 5) is 14.9. The smallest absolute Gasteiger partial charge is 0.272 e. The molecule has 0 bridgehead atoms. The van der Waals surface area contributed by atoms with Gasteiger partial charge in [-0.25, -0.2) is 0 Å². The van der Waals surface area contributed by atoms with Gasteiger partial charge in [-0.2, -0.15) is 0 Å². The van der Waals surface area contributed by atoms with Crippen molar-refractivity contribution in [3.8, 4) is 0 Å². The van der Waals surface area contributed by atoms with Crippen LogP contribution in [0.4, 0.5) is 0 Å². The molecule has 1 atom stereocenters. The van der Waals surface area contributed by atoms with Gasteiger partial charge in [0.05, 0.1) is 0 Å². The zero-order valence-corrected chi connectivity index (χ0v) is 9.29. The van der Waals surface area contributed by atoms with E-state index in [0.717, 1.165) is 36.4 Å². The highest BCUT2D eigenvalue weighted by atomic mass is 16.1. The van der Waals surface area contributed by atoms with Gasteiger partial charge in [0.2, 0.25) is 0 Å². The van der Waals surface area contributed by atoms with Crippen molar-refractivity contribution in [2.45, 2.75) is 19.3 Å². The second kappa shape index (κ2) is 3.49. The largest absolute Gasteiger partial charge is 0.323 e. The van der Waals surface area contributed by atoms with Gasteiger partial charge >= 0.3 is 0 Å². The maximum atomic E-state index is 11.9. The van der Waals surface area contributed by atoms with E-state index in [2.05, 4.69) is 16.5 Å². The lowest BCUT2D eigenvalue weighted by Gasteiger charge is -2.09. The van der Waals surface area contributed by atoms with Crippen molar-refractivity contribution in [2.24, 2.45) is 0 Å². The van der Waals surface area contributed by atoms with E-state index in [-0.39, 0.29) is 5.56 Å². The molecule has 1 unspecified atom stereocenters. The molecule has 0 aromatic carbocycles. The monoisotopic (exact) mass is 217 g/mol. The van der Waals surface area contributed by atoms with Crippen LogP contribution in [0.3, 0.4) is 0 Å². The number of aromatic nitrogens is 2. The minimum absolute atomic E-state index is 0.0116. The molecule has 0 aliphatic carbocycles. The topological polar surface area (TPSA) is 49.3 Å². The normalized spacial score (nSPS) is 20.7. The molecule has 2 N–H and O–H groups in total. The Hall–Kier alpha value is -1.55. The van der Waals surface area contributed by atoms with Crippen LogP contribution in [0.25, 0.3) is 5.52 Å². The van der Waals surface area contributed by atoms with Gasteiger partial charge in [-0.3, -0.25) is 4.79 Å². The first kappa shape index (κ1) is 9.66. The van der Waals surface area contributed by atoms with Crippen molar-refractivity contribution in [3.63, 3.8) is 0 Å². The van der Waals surface area contributed by atoms with Gasteiger partial charge in [0.1, 0.15) is 5.52 Å². The van der Waals surface area contributed by atoms with Gasteiger partial charge in [0, 0.05) is 30.0 Å². The van der Waals surface area contributed by atoms with Gasteiger partial charge < -0.3 is 14.7 Å². The van der Waals surface area contributed by atoms with E-state index < -0.39 is 0 Å². The van der Waals surface area contributed by atoms with Crippen molar-refractivity contribution in [1.29, 1.82) is 0 Å². The molecule has 1 aliphatic heterocycles. The third kappa shape index (κ3) is 1.38. The number of hydrogen-bond donors (Lipinski definition) is 2. The summed E-state index contributed by atoms with van der Waals surface area (Å²) in [6.07, 6.45) is 3.16. The highest BCUT2D eigenvalue weighted by Crippen LogP contribution is 2.20. The van der Waals surface area contributed by atoms with Crippen LogP contribution in [0.1, 0.15) is 23.7 Å². The maximum Gasteiger partial charge on any atom is 0.272 e. The summed E-state index contributed by atoms with van der Waals surface area (Å²) >= 11 is 0. The van der Waals surface area contributed by atoms with Crippen molar-refractivity contribution < 1.29 is 0 Å². The summed E-state index contributed by atoms with van der Waals surface area (Å²) in [5, 5.41) is 3.32. The van der Waals surface area contributed by atoms with E-state index in [0.29, 0.717) is 5.92 Å². The number of nitrogens with zero attached hydrogens (tertiary/aromatic N) is 1. The quantitative estimate of drug-likeness (QED) is 0.749. The van der Waals surface area contributed by atoms with E-state index in [9.17, 15) is 4.79 Å². The number of hydrogen-bond acceptors (Lipinski definition) is 2. The molecule has 84 valence electrons. The first-order valence-corrected chi connectivity index (χ1v) is 5.67. The van der Waals surface area contributed by atoms with E-state index in [1.54, 1.807) is 0 Å². The van der Waals surface area contributed by atoms with Gasteiger partial charge in [0.25, 0.3) is 5.56 Å². The summed E-state index contributed by atoms with van der Waals surface area (Å²) in [6, 6.07) is 3.84. The summed E-state index contributed by atoms with van der Waals surface area (Å²) in [7, 11) is 0. The van der Waals surface area contributed by atoms with Crippen molar-refractivity contribution >= 4 is 5.52 Å². The number of nitrogens with one attached hydrogen (secondary N) is 2. The van der Waals surface area contributed by atoms with Crippen LogP contribution in [-0.2, 0) is 0 Å². The summed E-state index contributed by atoms with van der Waals surface area (Å²) < 4.78 is 1.98. The molecule has 1 fully saturated rings. The van der Waals surface area contributed by atoms with Gasteiger partial charge in [-0.15, -0.1) is 0 Å². The van der Waals surface area contributed by atoms with Crippen LogP contribution in [0.15, 0.2) is 23.1 Å². The number of H-pyrrole nitrogens is 1. The molecule has 1 saturated heterocycles. The number of aryl methyl sites for hydroxylation is 1. The van der Waals surface area contributed by atoms with Gasteiger partial charge in [-0.1, -0.05) is 0 Å². The lowest BCUT2D eigenvalue weighted by molar-refractivity contribution is 0.721. The van der Waals surface area contributed by atoms with Crippen LogP contribution in [-0.4, -0.2) is 22.5 Å². The fourth-order valence-corrected chi connectivity index (χ4v) is 2.40. The molecule has 3 heterocycles. The second-order valence-electron chi connectivity index (χ2n) is 4.46. The van der Waals surface area contributed by atoms with Crippen LogP contribution in [0.2, 0.25) is 0 Å². The molecule has 2 aromatic rings. The molecular weight excluding hydrogens is 202 g/mol. The Kier molecular flexibility index (Phi) is 2.11. The Morgan fingerprint density at radius 2 is 2.31 bits per heavy atom. The number of fused-ring (bicyclic) bond motifs is 1. The average Bonchev–Trinajstić information content (AvgIpc) is 2.88. The highest BCUT2D eigenvalue weighted by Gasteiger charge is 2.18. The lowest BCUT2D eigenvalue weighted by atomic mass is 10.1. The fraction of sp³-hybridized carbons (Fsp3) is 0.417. The Bertz CT molecular complexity index is 575. The van der Waals surface area contributed by atoms with Crippen LogP contribution < -0.4 is 10.9 Å². The number of aromatic amines is 1. The zero-order valence-electron chi connectivity index (χ0n) is 9.29. The molecule has 2 aromatic heterocycles. The fourth-order valence-electron chi connectivity index (χ4n) is 2.40. The van der Waals surface area contributed by atoms with Gasteiger partial charge in [-0.05, 0) is 32.0 Å². The first-order chi connectivity index (χ1) is 7.75. The Morgan fingerprint density at radius 1 is 1.44 bits per heavy atom. The van der Waals surface area contributed by atoms with Crippen molar-refractivity contribution in [3.05, 3.63) is 40.1 Å². The molecule has 16 heavy (non-hydrogen) atoms. The Morgan fingerprint density at radius 3 is 3.06 bits per heavy atom. The molecule has 0 radical (unpaired) electrons. The molecule has 1 aliphatic rings. The standard InChI is InChI=1S/C12H15N3O/c1-8-2-3-11-12(16)14-10(7-15(8)11)9-4-5-13-6-9/h2-3,7,9,13H,4-6H2,1H3,(H,14,16). The first-order valence-electron chi connectivity index (χ1n) is 5.67. The van der Waals surface area contributed by atoms with Gasteiger partial charge in [0.15, 0.2) is 0 Å². The molecule has 4 heteroatoms. The minimum atomic E-state index is 0.0116. The summed E-state index contributed by atoms with van der Waals surface area (Å²) in [5.74, 6) is 0.443. The highest BCUT2D eigenvalue weighted by molar-refractivity contribution is 5.47. The SMILES string of the molecule is Cc1ccc2c(=O)[nH]c(C3CCNC3)cn12. The Labute approximate surface area is 93.3 Å². The van der Waals surface area contributed by atoms with E-state index in [1.165, 1.54) is 0 Å². The molecule has 0 spiro atoms. The zero-order chi connectivity index (χ0) is 11.1. The van der Waals surface area contributed by atoms with E-state index in [4.69, 9.17) is 0 Å². The van der Waals surface area contributed by atoms with Crippen LogP contribution in [0, 0.1) is 6.92 Å². The molecule has 3 rings (SSSR count). The molecule has 0 saturated carbocycles. The van der Waals surface area contributed by atoms with Crippen molar-refractivity contribution in [2.75, 3.05) is 13.1 Å². The predicted octanol–water partition coefficient (Wildman–Crippen LogP) is 1.01. The van der Waals surface area contributed by atoms with Crippen LogP contribution in [0.5, 0.6) is 0 Å². The summed E-state index contributed by atoms with van der Waals surface area (Å²) in [5.41, 5.74) is 2.89. The third-order valence-corrected chi connectivity index (χ3v) is 3.38. The predicted molar refractivity (Wildman–Crippen MR) is 63.0 cm³/mol. The molecular formula is C12H15N3O. The third-order valence-electron chi connectivity index (χ3n) is 3.38. The second-order valence-corrected chi connectivity index (χ2v) is 4.46. The van der Waals surface area contributed by atoms with E-state index in [1.807, 2.05) is 23.5 Å². The minimum Gasteiger partial charge on any atom is -0.323 e. The van der Waals surface area contributed by atoms with Crippen molar-refractivity contribution in [1.82, 2.24) is 14.7 Å².